The number of hydrogen-bond acceptors (Lipinski definition) is 6. The molecule has 0 unspecified atom stereocenters. The average Bonchev–Trinajstić information content (AvgIpc) is 3.20. The quantitative estimate of drug-likeness (QED) is 0.400. The molecule has 0 aliphatic rings. The zero-order chi connectivity index (χ0) is 18.1. The minimum Gasteiger partial charge on any atom is -0.269 e. The van der Waals surface area contributed by atoms with Crippen molar-refractivity contribution in [3.05, 3.63) is 47.5 Å². The third-order valence-corrected chi connectivity index (χ3v) is 4.91. The largest absolute Gasteiger partial charge is 0.269 e. The lowest BCUT2D eigenvalue weighted by molar-refractivity contribution is 0.580. The Morgan fingerprint density at radius 3 is 2.77 bits per heavy atom. The molecule has 0 spiro atoms. The molecule has 0 N–H and O–H groups in total. The summed E-state index contributed by atoms with van der Waals surface area (Å²) in [5, 5.41) is 19.7. The van der Waals surface area contributed by atoms with Gasteiger partial charge in [0.25, 0.3) is 0 Å². The monoisotopic (exact) mass is 363 g/mol. The van der Waals surface area contributed by atoms with Crippen LogP contribution in [0.1, 0.15) is 17.2 Å². The summed E-state index contributed by atoms with van der Waals surface area (Å²) >= 11 is 1.37. The van der Waals surface area contributed by atoms with Crippen molar-refractivity contribution in [1.29, 1.82) is 5.26 Å². The van der Waals surface area contributed by atoms with Crippen molar-refractivity contribution in [1.82, 2.24) is 29.4 Å². The van der Waals surface area contributed by atoms with E-state index in [-0.39, 0.29) is 0 Å². The van der Waals surface area contributed by atoms with Crippen LogP contribution in [0.5, 0.6) is 0 Å². The van der Waals surface area contributed by atoms with Crippen LogP contribution < -0.4 is 0 Å². The molecule has 0 radical (unpaired) electrons. The molecule has 8 heteroatoms. The van der Waals surface area contributed by atoms with Gasteiger partial charge in [-0.2, -0.15) is 14.9 Å². The third kappa shape index (κ3) is 3.02. The van der Waals surface area contributed by atoms with E-state index in [1.807, 2.05) is 42.8 Å². The summed E-state index contributed by atoms with van der Waals surface area (Å²) in [6, 6.07) is 12.1. The highest BCUT2D eigenvalue weighted by molar-refractivity contribution is 7.99. The Morgan fingerprint density at radius 1 is 1.15 bits per heavy atom. The van der Waals surface area contributed by atoms with Gasteiger partial charge >= 0.3 is 0 Å². The number of para-hydroxylation sites is 1. The van der Waals surface area contributed by atoms with Gasteiger partial charge in [-0.25, -0.2) is 9.97 Å². The predicted octanol–water partition coefficient (Wildman–Crippen LogP) is 2.95. The highest BCUT2D eigenvalue weighted by atomic mass is 32.2. The van der Waals surface area contributed by atoms with Crippen LogP contribution in [0.25, 0.3) is 16.6 Å². The summed E-state index contributed by atoms with van der Waals surface area (Å²) in [7, 11) is 0. The molecule has 0 saturated carbocycles. The van der Waals surface area contributed by atoms with Gasteiger partial charge in [0.05, 0.1) is 23.0 Å². The first kappa shape index (κ1) is 16.5. The minimum absolute atomic E-state index is 0.321. The Morgan fingerprint density at radius 2 is 2.00 bits per heavy atom. The molecule has 130 valence electrons. The Kier molecular flexibility index (Phi) is 4.31. The number of thioether (sulfide) groups is 1. The topological polar surface area (TPSA) is 84.7 Å². The smallest absolute Gasteiger partial charge is 0.192 e. The van der Waals surface area contributed by atoms with E-state index in [0.29, 0.717) is 17.3 Å². The zero-order valence-electron chi connectivity index (χ0n) is 14.5. The number of aryl methyl sites for hydroxylation is 4. The van der Waals surface area contributed by atoms with Crippen LogP contribution in [0, 0.1) is 25.2 Å². The summed E-state index contributed by atoms with van der Waals surface area (Å²) < 4.78 is 3.73. The molecular formula is C18H17N7S. The number of aromatic nitrogens is 6. The van der Waals surface area contributed by atoms with E-state index in [2.05, 4.69) is 27.3 Å². The molecule has 3 heterocycles. The molecule has 4 rings (SSSR count). The lowest BCUT2D eigenvalue weighted by Crippen LogP contribution is -2.06. The van der Waals surface area contributed by atoms with Crippen LogP contribution in [0.2, 0.25) is 0 Å². The third-order valence-electron chi connectivity index (χ3n) is 4.11. The van der Waals surface area contributed by atoms with Gasteiger partial charge in [0.2, 0.25) is 0 Å². The van der Waals surface area contributed by atoms with Gasteiger partial charge in [-0.1, -0.05) is 23.9 Å². The van der Waals surface area contributed by atoms with Gasteiger partial charge in [0, 0.05) is 24.0 Å². The van der Waals surface area contributed by atoms with Crippen molar-refractivity contribution in [2.24, 2.45) is 0 Å². The fourth-order valence-corrected chi connectivity index (χ4v) is 3.58. The fourth-order valence-electron chi connectivity index (χ4n) is 2.98. The van der Waals surface area contributed by atoms with Crippen molar-refractivity contribution < 1.29 is 0 Å². The molecule has 0 fully saturated rings. The van der Waals surface area contributed by atoms with E-state index in [0.717, 1.165) is 40.3 Å². The van der Waals surface area contributed by atoms with Crippen molar-refractivity contribution in [2.45, 2.75) is 32.0 Å². The number of benzene rings is 1. The normalized spacial score (nSPS) is 11.3. The van der Waals surface area contributed by atoms with Crippen LogP contribution in [0.4, 0.5) is 0 Å². The van der Waals surface area contributed by atoms with Gasteiger partial charge in [0.1, 0.15) is 0 Å². The Balaban J connectivity index is 1.73. The lowest BCUT2D eigenvalue weighted by atomic mass is 10.2. The van der Waals surface area contributed by atoms with Crippen LogP contribution >= 0.6 is 11.8 Å². The van der Waals surface area contributed by atoms with Crippen molar-refractivity contribution >= 4 is 28.3 Å². The molecule has 0 bridgehead atoms. The summed E-state index contributed by atoms with van der Waals surface area (Å²) in [6.45, 7) is 4.76. The molecule has 7 nitrogen and oxygen atoms in total. The Hall–Kier alpha value is -2.92. The van der Waals surface area contributed by atoms with E-state index < -0.39 is 0 Å². The van der Waals surface area contributed by atoms with Crippen LogP contribution in [0.15, 0.2) is 35.5 Å². The molecule has 26 heavy (non-hydrogen) atoms. The van der Waals surface area contributed by atoms with Crippen LogP contribution in [-0.2, 0) is 13.0 Å². The average molecular weight is 363 g/mol. The second kappa shape index (κ2) is 6.77. The van der Waals surface area contributed by atoms with Gasteiger partial charge in [-0.15, -0.1) is 5.10 Å². The lowest BCUT2D eigenvalue weighted by Gasteiger charge is -2.03. The second-order valence-corrected chi connectivity index (χ2v) is 6.96. The maximum atomic E-state index is 8.90. The van der Waals surface area contributed by atoms with Crippen molar-refractivity contribution in [3.8, 4) is 6.07 Å². The van der Waals surface area contributed by atoms with E-state index >= 15 is 0 Å². The van der Waals surface area contributed by atoms with Gasteiger partial charge in [-0.05, 0) is 32.0 Å². The minimum atomic E-state index is 0.321. The zero-order valence-corrected chi connectivity index (χ0v) is 15.4. The van der Waals surface area contributed by atoms with E-state index in [1.54, 1.807) is 4.52 Å². The molecule has 4 aromatic rings. The summed E-state index contributed by atoms with van der Waals surface area (Å²) in [6.07, 6.45) is 0.681. The number of hydrogen-bond donors (Lipinski definition) is 0. The predicted molar refractivity (Wildman–Crippen MR) is 100 cm³/mol. The summed E-state index contributed by atoms with van der Waals surface area (Å²) in [5.74, 6) is 1.07. The molecule has 0 aliphatic carbocycles. The number of rotatable bonds is 5. The van der Waals surface area contributed by atoms with Crippen molar-refractivity contribution in [2.75, 3.05) is 5.75 Å². The van der Waals surface area contributed by atoms with E-state index in [1.165, 1.54) is 11.8 Å². The van der Waals surface area contributed by atoms with E-state index in [4.69, 9.17) is 10.2 Å². The molecule has 0 aliphatic heterocycles. The molecule has 0 amide bonds. The Bertz CT molecular complexity index is 1140. The highest BCUT2D eigenvalue weighted by Crippen LogP contribution is 2.23. The first-order chi connectivity index (χ1) is 12.7. The summed E-state index contributed by atoms with van der Waals surface area (Å²) in [4.78, 5) is 9.38. The van der Waals surface area contributed by atoms with Crippen molar-refractivity contribution in [3.63, 3.8) is 0 Å². The fraction of sp³-hybridized carbons (Fsp3) is 0.278. The second-order valence-electron chi connectivity index (χ2n) is 6.02. The van der Waals surface area contributed by atoms with Crippen LogP contribution in [-0.4, -0.2) is 35.1 Å². The standard InChI is InChI=1S/C18H17N7S/c1-12-11-13(2)24(22-12)9-7-16-21-17-14-5-3-4-6-15(14)20-18(25(17)23-16)26-10-8-19/h3-6,11H,7,9-10H2,1-2H3. The van der Waals surface area contributed by atoms with Gasteiger partial charge < -0.3 is 0 Å². The molecule has 0 saturated heterocycles. The number of nitriles is 1. The molecular weight excluding hydrogens is 346 g/mol. The first-order valence-electron chi connectivity index (χ1n) is 8.31. The van der Waals surface area contributed by atoms with Gasteiger partial charge in [0.15, 0.2) is 16.6 Å². The van der Waals surface area contributed by atoms with Crippen LogP contribution in [0.3, 0.4) is 0 Å². The maximum Gasteiger partial charge on any atom is 0.192 e. The SMILES string of the molecule is Cc1cc(C)n(CCc2nc3c4ccccc4nc(SCC#N)n3n2)n1. The highest BCUT2D eigenvalue weighted by Gasteiger charge is 2.14. The molecule has 0 atom stereocenters. The van der Waals surface area contributed by atoms with Gasteiger partial charge in [-0.3, -0.25) is 4.68 Å². The van der Waals surface area contributed by atoms with E-state index in [9.17, 15) is 0 Å². The molecule has 3 aromatic heterocycles. The Labute approximate surface area is 154 Å². The maximum absolute atomic E-state index is 8.90. The molecule has 1 aromatic carbocycles. The summed E-state index contributed by atoms with van der Waals surface area (Å²) in [5.41, 5.74) is 3.77. The number of fused-ring (bicyclic) bond motifs is 3. The first-order valence-corrected chi connectivity index (χ1v) is 9.29. The number of nitrogens with zero attached hydrogens (tertiary/aromatic N) is 7.